The number of amides is 3. The first-order valence-electron chi connectivity index (χ1n) is 13.0. The van der Waals surface area contributed by atoms with E-state index in [1.54, 1.807) is 16.9 Å². The summed E-state index contributed by atoms with van der Waals surface area (Å²) < 4.78 is 1.76. The van der Waals surface area contributed by atoms with E-state index < -0.39 is 5.91 Å². The smallest absolute Gasteiger partial charge is 0.255 e. The number of nitrogens with zero attached hydrogens (tertiary/aromatic N) is 4. The molecule has 2 N–H and O–H groups in total. The molecule has 0 bridgehead atoms. The second-order valence-electron chi connectivity index (χ2n) is 10.1. The van der Waals surface area contributed by atoms with Crippen LogP contribution in [-0.2, 0) is 16.1 Å². The van der Waals surface area contributed by atoms with E-state index in [2.05, 4.69) is 15.7 Å². The molecule has 9 nitrogen and oxygen atoms in total. The van der Waals surface area contributed by atoms with Crippen molar-refractivity contribution < 1.29 is 14.4 Å². The van der Waals surface area contributed by atoms with Gasteiger partial charge in [0.2, 0.25) is 11.8 Å². The molecule has 0 atom stereocenters. The van der Waals surface area contributed by atoms with E-state index in [9.17, 15) is 14.4 Å². The maximum atomic E-state index is 14.1. The van der Waals surface area contributed by atoms with E-state index >= 15 is 0 Å². The van der Waals surface area contributed by atoms with Crippen molar-refractivity contribution in [2.24, 2.45) is 0 Å². The van der Waals surface area contributed by atoms with Crippen molar-refractivity contribution in [1.29, 1.82) is 0 Å². The Morgan fingerprint density at radius 1 is 0.846 bits per heavy atom. The monoisotopic (exact) mass is 526 g/mol. The predicted molar refractivity (Wildman–Crippen MR) is 151 cm³/mol. The van der Waals surface area contributed by atoms with Crippen LogP contribution in [0.3, 0.4) is 0 Å². The minimum Gasteiger partial charge on any atom is -0.352 e. The highest BCUT2D eigenvalue weighted by Gasteiger charge is 2.26. The lowest BCUT2D eigenvalue weighted by Crippen LogP contribution is -2.47. The fourth-order valence-electron chi connectivity index (χ4n) is 4.31. The van der Waals surface area contributed by atoms with Gasteiger partial charge >= 0.3 is 0 Å². The van der Waals surface area contributed by atoms with Crippen LogP contribution >= 0.6 is 0 Å². The zero-order chi connectivity index (χ0) is 27.9. The fraction of sp³-hybridized carbons (Fsp3) is 0.300. The number of fused-ring (bicyclic) bond motifs is 1. The number of carbonyl (C=O) groups excluding carboxylic acids is 3. The molecule has 0 spiro atoms. The predicted octanol–water partition coefficient (Wildman–Crippen LogP) is 3.64. The molecule has 0 saturated carbocycles. The van der Waals surface area contributed by atoms with E-state index in [1.807, 2.05) is 88.4 Å². The lowest BCUT2D eigenvalue weighted by molar-refractivity contribution is -0.124. The summed E-state index contributed by atoms with van der Waals surface area (Å²) in [5.74, 6) is -1.13. The van der Waals surface area contributed by atoms with Gasteiger partial charge in [-0.2, -0.15) is 5.10 Å². The molecule has 0 fully saturated rings. The Morgan fingerprint density at radius 3 is 1.97 bits per heavy atom. The van der Waals surface area contributed by atoms with Crippen molar-refractivity contribution in [1.82, 2.24) is 30.3 Å². The van der Waals surface area contributed by atoms with E-state index in [-0.39, 0.29) is 37.0 Å². The molecule has 9 heteroatoms. The quantitative estimate of drug-likeness (QED) is 0.328. The number of aromatic nitrogens is 3. The van der Waals surface area contributed by atoms with Crippen molar-refractivity contribution in [3.8, 4) is 11.3 Å². The van der Waals surface area contributed by atoms with E-state index in [4.69, 9.17) is 4.98 Å². The van der Waals surface area contributed by atoms with E-state index in [0.717, 1.165) is 11.1 Å². The van der Waals surface area contributed by atoms with Gasteiger partial charge in [0.15, 0.2) is 5.65 Å². The van der Waals surface area contributed by atoms with Gasteiger partial charge in [-0.1, -0.05) is 60.7 Å². The van der Waals surface area contributed by atoms with Crippen LogP contribution < -0.4 is 10.6 Å². The molecule has 2 aromatic carbocycles. The standard InChI is InChI=1S/C30H34N6O3/c1-20(2)32-27(37)18-35(19-28(38)33-21(3)4)30(39)24-15-26(23-13-9-6-10-14-23)34-29-25(24)16-31-36(29)17-22-11-7-5-8-12-22/h5-16,20-21H,17-19H2,1-4H3,(H,32,37)(H,33,38). The Hall–Kier alpha value is -4.53. The Labute approximate surface area is 228 Å². The highest BCUT2D eigenvalue weighted by Crippen LogP contribution is 2.26. The molecule has 202 valence electrons. The molecule has 4 aromatic rings. The molecule has 2 aromatic heterocycles. The average Bonchev–Trinajstić information content (AvgIpc) is 3.30. The zero-order valence-electron chi connectivity index (χ0n) is 22.7. The highest BCUT2D eigenvalue weighted by molar-refractivity contribution is 6.08. The van der Waals surface area contributed by atoms with Gasteiger partial charge in [0.1, 0.15) is 13.1 Å². The van der Waals surface area contributed by atoms with Gasteiger partial charge in [0, 0.05) is 17.6 Å². The number of rotatable bonds is 10. The van der Waals surface area contributed by atoms with Gasteiger partial charge in [-0.15, -0.1) is 0 Å². The minimum absolute atomic E-state index is 0.104. The van der Waals surface area contributed by atoms with Crippen LogP contribution in [0.4, 0.5) is 0 Å². The number of hydrogen-bond acceptors (Lipinski definition) is 5. The third kappa shape index (κ3) is 7.07. The van der Waals surface area contributed by atoms with Crippen molar-refractivity contribution in [3.63, 3.8) is 0 Å². The van der Waals surface area contributed by atoms with E-state index in [0.29, 0.717) is 28.8 Å². The fourth-order valence-corrected chi connectivity index (χ4v) is 4.31. The van der Waals surface area contributed by atoms with Crippen molar-refractivity contribution in [3.05, 3.63) is 84.1 Å². The Bertz CT molecular complexity index is 1420. The largest absolute Gasteiger partial charge is 0.352 e. The maximum Gasteiger partial charge on any atom is 0.255 e. The Balaban J connectivity index is 1.79. The van der Waals surface area contributed by atoms with Crippen molar-refractivity contribution in [2.45, 2.75) is 46.3 Å². The SMILES string of the molecule is CC(C)NC(=O)CN(CC(=O)NC(C)C)C(=O)c1cc(-c2ccccc2)nc2c1cnn2Cc1ccccc1. The molecule has 0 aliphatic rings. The molecule has 3 amide bonds. The Kier molecular flexibility index (Phi) is 8.70. The minimum atomic E-state index is -0.448. The van der Waals surface area contributed by atoms with Crippen LogP contribution in [-0.4, -0.2) is 62.6 Å². The summed E-state index contributed by atoms with van der Waals surface area (Å²) in [6.07, 6.45) is 1.62. The van der Waals surface area contributed by atoms with Gasteiger partial charge in [-0.25, -0.2) is 9.67 Å². The van der Waals surface area contributed by atoms with Crippen LogP contribution in [0.5, 0.6) is 0 Å². The normalized spacial score (nSPS) is 11.1. The molecule has 0 unspecified atom stereocenters. The van der Waals surface area contributed by atoms with Crippen LogP contribution in [0.25, 0.3) is 22.3 Å². The molecular formula is C30H34N6O3. The summed E-state index contributed by atoms with van der Waals surface area (Å²) in [5.41, 5.74) is 3.34. The van der Waals surface area contributed by atoms with Crippen molar-refractivity contribution in [2.75, 3.05) is 13.1 Å². The average molecular weight is 527 g/mol. The van der Waals surface area contributed by atoms with Crippen molar-refractivity contribution >= 4 is 28.8 Å². The summed E-state index contributed by atoms with van der Waals surface area (Å²) in [6, 6.07) is 20.9. The zero-order valence-corrected chi connectivity index (χ0v) is 22.7. The van der Waals surface area contributed by atoms with Gasteiger partial charge in [0.25, 0.3) is 5.91 Å². The van der Waals surface area contributed by atoms with Crippen LogP contribution in [0, 0.1) is 0 Å². The number of carbonyl (C=O) groups is 3. The first kappa shape index (κ1) is 27.5. The molecule has 0 aliphatic heterocycles. The number of nitrogens with one attached hydrogen (secondary N) is 2. The lowest BCUT2D eigenvalue weighted by atomic mass is 10.1. The summed E-state index contributed by atoms with van der Waals surface area (Å²) in [4.78, 5) is 45.6. The molecule has 39 heavy (non-hydrogen) atoms. The van der Waals surface area contributed by atoms with Gasteiger partial charge in [-0.3, -0.25) is 14.4 Å². The first-order chi connectivity index (χ1) is 18.7. The summed E-state index contributed by atoms with van der Waals surface area (Å²) in [6.45, 7) is 7.33. The summed E-state index contributed by atoms with van der Waals surface area (Å²) in [5, 5.41) is 10.7. The van der Waals surface area contributed by atoms with Gasteiger partial charge < -0.3 is 15.5 Å². The van der Waals surface area contributed by atoms with Crippen LogP contribution in [0.2, 0.25) is 0 Å². The molecular weight excluding hydrogens is 492 g/mol. The molecule has 0 saturated heterocycles. The first-order valence-corrected chi connectivity index (χ1v) is 13.0. The summed E-state index contributed by atoms with van der Waals surface area (Å²) >= 11 is 0. The second kappa shape index (κ2) is 12.3. The van der Waals surface area contributed by atoms with Gasteiger partial charge in [0.05, 0.1) is 29.4 Å². The molecule has 0 radical (unpaired) electrons. The molecule has 4 rings (SSSR count). The molecule has 2 heterocycles. The van der Waals surface area contributed by atoms with E-state index in [1.165, 1.54) is 4.90 Å². The highest BCUT2D eigenvalue weighted by atomic mass is 16.2. The summed E-state index contributed by atoms with van der Waals surface area (Å²) in [7, 11) is 0. The van der Waals surface area contributed by atoms with Crippen LogP contribution in [0.1, 0.15) is 43.6 Å². The van der Waals surface area contributed by atoms with Crippen LogP contribution in [0.15, 0.2) is 72.9 Å². The number of pyridine rings is 1. The topological polar surface area (TPSA) is 109 Å². The lowest BCUT2D eigenvalue weighted by Gasteiger charge is -2.23. The third-order valence-electron chi connectivity index (χ3n) is 5.94. The molecule has 0 aliphatic carbocycles. The Morgan fingerprint density at radius 2 is 1.41 bits per heavy atom. The number of hydrogen-bond donors (Lipinski definition) is 2. The maximum absolute atomic E-state index is 14.1. The van der Waals surface area contributed by atoms with Gasteiger partial charge in [-0.05, 0) is 39.3 Å². The number of benzene rings is 2. The second-order valence-corrected chi connectivity index (χ2v) is 10.1. The third-order valence-corrected chi connectivity index (χ3v) is 5.94.